The van der Waals surface area contributed by atoms with Gasteiger partial charge in [0.1, 0.15) is 5.25 Å². The molecule has 1 aliphatic heterocycles. The van der Waals surface area contributed by atoms with Crippen molar-refractivity contribution in [3.8, 4) is 0 Å². The summed E-state index contributed by atoms with van der Waals surface area (Å²) in [7, 11) is -3.04. The highest BCUT2D eigenvalue weighted by atomic mass is 32.2. The molecule has 0 aromatic heterocycles. The van der Waals surface area contributed by atoms with Crippen molar-refractivity contribution in [3.63, 3.8) is 0 Å². The predicted octanol–water partition coefficient (Wildman–Crippen LogP) is 2.16. The first kappa shape index (κ1) is 14.6. The first-order valence-electron chi connectivity index (χ1n) is 5.46. The fourth-order valence-corrected chi connectivity index (χ4v) is 3.88. The minimum Gasteiger partial charge on any atom is -0.478 e. The third-order valence-corrected chi connectivity index (χ3v) is 5.22. The molecule has 1 aromatic carbocycles. The van der Waals surface area contributed by atoms with Gasteiger partial charge >= 0.3 is 12.1 Å². The average Bonchev–Trinajstić information content (AvgIpc) is 2.49. The van der Waals surface area contributed by atoms with Crippen molar-refractivity contribution < 1.29 is 31.5 Å². The molecule has 110 valence electrons. The van der Waals surface area contributed by atoms with Gasteiger partial charge in [-0.1, -0.05) is 0 Å². The first-order chi connectivity index (χ1) is 9.04. The third kappa shape index (κ3) is 2.33. The van der Waals surface area contributed by atoms with E-state index in [-0.39, 0.29) is 16.8 Å². The molecule has 5 nitrogen and oxygen atoms in total. The summed E-state index contributed by atoms with van der Waals surface area (Å²) in [6.07, 6.45) is -6.21. The molecule has 0 amide bonds. The molecular formula is C11H10F3NO4S. The fraction of sp³-hybridized carbons (Fsp3) is 0.364. The summed E-state index contributed by atoms with van der Waals surface area (Å²) in [6.45, 7) is 0. The molecule has 0 saturated carbocycles. The standard InChI is InChI=1S/C11H10F3NO4S/c1-15-8-3-2-6(10(16)17)4-7(8)9(20(15,18)19)5-11(12,13)14/h2-4,9H,5H2,1H3,(H,16,17). The number of carboxylic acids is 1. The van der Waals surface area contributed by atoms with E-state index in [1.54, 1.807) is 0 Å². The molecule has 1 aromatic rings. The molecule has 0 radical (unpaired) electrons. The van der Waals surface area contributed by atoms with Crippen LogP contribution in [0.25, 0.3) is 0 Å². The monoisotopic (exact) mass is 309 g/mol. The normalized spacial score (nSPS) is 20.8. The van der Waals surface area contributed by atoms with Crippen LogP contribution in [0.15, 0.2) is 18.2 Å². The maximum Gasteiger partial charge on any atom is 0.390 e. The predicted molar refractivity (Wildman–Crippen MR) is 64.1 cm³/mol. The van der Waals surface area contributed by atoms with Gasteiger partial charge < -0.3 is 5.11 Å². The number of nitrogens with zero attached hydrogens (tertiary/aromatic N) is 1. The Balaban J connectivity index is 2.59. The quantitative estimate of drug-likeness (QED) is 0.908. The summed E-state index contributed by atoms with van der Waals surface area (Å²) in [5, 5.41) is 7.04. The molecule has 20 heavy (non-hydrogen) atoms. The van der Waals surface area contributed by atoms with Crippen molar-refractivity contribution in [2.45, 2.75) is 17.8 Å². The molecule has 1 unspecified atom stereocenters. The molecule has 0 aliphatic carbocycles. The van der Waals surface area contributed by atoms with Gasteiger partial charge in [0.15, 0.2) is 0 Å². The average molecular weight is 309 g/mol. The highest BCUT2D eigenvalue weighted by molar-refractivity contribution is 7.93. The van der Waals surface area contributed by atoms with Crippen molar-refractivity contribution in [1.29, 1.82) is 0 Å². The van der Waals surface area contributed by atoms with Gasteiger partial charge in [0, 0.05) is 7.05 Å². The number of rotatable bonds is 2. The van der Waals surface area contributed by atoms with Crippen LogP contribution in [0.1, 0.15) is 27.6 Å². The maximum absolute atomic E-state index is 12.5. The second kappa shape index (κ2) is 4.37. The number of aromatic carboxylic acids is 1. The Bertz CT molecular complexity index is 669. The van der Waals surface area contributed by atoms with Crippen LogP contribution in [0.2, 0.25) is 0 Å². The lowest BCUT2D eigenvalue weighted by molar-refractivity contribution is -0.134. The molecule has 1 N–H and O–H groups in total. The van der Waals surface area contributed by atoms with Gasteiger partial charge in [-0.2, -0.15) is 13.2 Å². The van der Waals surface area contributed by atoms with Crippen LogP contribution >= 0.6 is 0 Å². The van der Waals surface area contributed by atoms with Crippen LogP contribution in [0.5, 0.6) is 0 Å². The van der Waals surface area contributed by atoms with Crippen molar-refractivity contribution >= 4 is 21.7 Å². The number of benzene rings is 1. The van der Waals surface area contributed by atoms with E-state index in [1.165, 1.54) is 6.07 Å². The van der Waals surface area contributed by atoms with Crippen molar-refractivity contribution in [2.75, 3.05) is 11.4 Å². The third-order valence-electron chi connectivity index (χ3n) is 3.12. The molecule has 1 atom stereocenters. The zero-order valence-corrected chi connectivity index (χ0v) is 11.0. The zero-order chi connectivity index (χ0) is 15.3. The summed E-state index contributed by atoms with van der Waals surface area (Å²) in [6, 6.07) is 3.34. The van der Waals surface area contributed by atoms with Crippen LogP contribution < -0.4 is 4.31 Å². The van der Waals surface area contributed by atoms with Gasteiger partial charge in [0.25, 0.3) is 0 Å². The maximum atomic E-state index is 12.5. The number of fused-ring (bicyclic) bond motifs is 1. The van der Waals surface area contributed by atoms with Crippen LogP contribution in [0.4, 0.5) is 18.9 Å². The Morgan fingerprint density at radius 1 is 1.40 bits per heavy atom. The molecule has 0 fully saturated rings. The Kier molecular flexibility index (Phi) is 3.20. The summed E-state index contributed by atoms with van der Waals surface area (Å²) in [5.41, 5.74) is -0.310. The van der Waals surface area contributed by atoms with Gasteiger partial charge in [-0.3, -0.25) is 4.31 Å². The van der Waals surface area contributed by atoms with Gasteiger partial charge in [0.05, 0.1) is 17.7 Å². The second-order valence-electron chi connectivity index (χ2n) is 4.40. The number of alkyl halides is 3. The molecule has 1 heterocycles. The van der Waals surface area contributed by atoms with Crippen LogP contribution in [-0.2, 0) is 10.0 Å². The lowest BCUT2D eigenvalue weighted by atomic mass is 10.0. The largest absolute Gasteiger partial charge is 0.478 e. The number of hydrogen-bond acceptors (Lipinski definition) is 3. The van der Waals surface area contributed by atoms with E-state index in [2.05, 4.69) is 0 Å². The summed E-state index contributed by atoms with van der Waals surface area (Å²) < 4.78 is 62.3. The van der Waals surface area contributed by atoms with Crippen LogP contribution in [0, 0.1) is 0 Å². The van der Waals surface area contributed by atoms with Crippen molar-refractivity contribution in [2.24, 2.45) is 0 Å². The van der Waals surface area contributed by atoms with E-state index in [4.69, 9.17) is 5.11 Å². The SMILES string of the molecule is CN1c2ccc(C(=O)O)cc2C(CC(F)(F)F)S1(=O)=O. The molecule has 0 bridgehead atoms. The lowest BCUT2D eigenvalue weighted by Gasteiger charge is -2.15. The Morgan fingerprint density at radius 2 is 2.00 bits per heavy atom. The minimum absolute atomic E-state index is 0.0734. The smallest absolute Gasteiger partial charge is 0.390 e. The summed E-state index contributed by atoms with van der Waals surface area (Å²) >= 11 is 0. The molecule has 9 heteroatoms. The lowest BCUT2D eigenvalue weighted by Crippen LogP contribution is -2.26. The second-order valence-corrected chi connectivity index (χ2v) is 6.55. The Labute approximate surface area is 112 Å². The number of anilines is 1. The molecular weight excluding hydrogens is 299 g/mol. The van der Waals surface area contributed by atoms with E-state index in [0.29, 0.717) is 0 Å². The zero-order valence-electron chi connectivity index (χ0n) is 10.2. The Morgan fingerprint density at radius 3 is 2.50 bits per heavy atom. The van der Waals surface area contributed by atoms with Gasteiger partial charge in [-0.05, 0) is 23.8 Å². The number of hydrogen-bond donors (Lipinski definition) is 1. The van der Waals surface area contributed by atoms with E-state index < -0.39 is 33.8 Å². The van der Waals surface area contributed by atoms with Crippen LogP contribution in [0.3, 0.4) is 0 Å². The van der Waals surface area contributed by atoms with Gasteiger partial charge in [-0.25, -0.2) is 13.2 Å². The van der Waals surface area contributed by atoms with E-state index in [0.717, 1.165) is 23.5 Å². The molecule has 0 saturated heterocycles. The Hall–Kier alpha value is -1.77. The van der Waals surface area contributed by atoms with Crippen molar-refractivity contribution in [1.82, 2.24) is 0 Å². The van der Waals surface area contributed by atoms with Crippen molar-refractivity contribution in [3.05, 3.63) is 29.3 Å². The highest BCUT2D eigenvalue weighted by Gasteiger charge is 2.47. The fourth-order valence-electron chi connectivity index (χ4n) is 2.15. The van der Waals surface area contributed by atoms with Crippen LogP contribution in [-0.4, -0.2) is 32.7 Å². The van der Waals surface area contributed by atoms with E-state index in [9.17, 15) is 26.4 Å². The number of carbonyl (C=O) groups is 1. The summed E-state index contributed by atoms with van der Waals surface area (Å²) in [4.78, 5) is 10.9. The minimum atomic E-state index is -4.67. The van der Waals surface area contributed by atoms with Gasteiger partial charge in [-0.15, -0.1) is 0 Å². The molecule has 1 aliphatic rings. The van der Waals surface area contributed by atoms with E-state index in [1.807, 2.05) is 0 Å². The number of halogens is 3. The molecule has 2 rings (SSSR count). The number of carboxylic acid groups (broad SMARTS) is 1. The number of sulfonamides is 1. The highest BCUT2D eigenvalue weighted by Crippen LogP contribution is 2.46. The van der Waals surface area contributed by atoms with Gasteiger partial charge in [0.2, 0.25) is 10.0 Å². The topological polar surface area (TPSA) is 74.7 Å². The summed E-state index contributed by atoms with van der Waals surface area (Å²) in [5.74, 6) is -1.33. The van der Waals surface area contributed by atoms with E-state index >= 15 is 0 Å². The first-order valence-corrected chi connectivity index (χ1v) is 6.96. The molecule has 0 spiro atoms.